The van der Waals surface area contributed by atoms with Crippen LogP contribution in [-0.2, 0) is 4.74 Å². The standard InChI is InChI=1S/C22H21N3O3/c1-14-10-15(2)18-12-16(13-23)21(25-19(18)11-14)24-8-9-28-22(26)17-6-4-5-7-20(17)27-3/h4-7,10-12H,8-9H2,1-3H3,(H,24,25)/p+1. The summed E-state index contributed by atoms with van der Waals surface area (Å²) >= 11 is 0. The second kappa shape index (κ2) is 8.40. The van der Waals surface area contributed by atoms with Crippen LogP contribution < -0.4 is 15.0 Å². The number of methoxy groups -OCH3 is 1. The second-order valence-electron chi connectivity index (χ2n) is 6.48. The van der Waals surface area contributed by atoms with Gasteiger partial charge in [-0.15, -0.1) is 0 Å². The van der Waals surface area contributed by atoms with E-state index in [1.165, 1.54) is 7.11 Å². The van der Waals surface area contributed by atoms with E-state index in [0.717, 1.165) is 22.0 Å². The molecule has 0 spiro atoms. The number of fused-ring (bicyclic) bond motifs is 1. The van der Waals surface area contributed by atoms with Gasteiger partial charge in [0.2, 0.25) is 0 Å². The zero-order chi connectivity index (χ0) is 20.1. The highest BCUT2D eigenvalue weighted by molar-refractivity contribution is 5.92. The first-order valence-electron chi connectivity index (χ1n) is 8.95. The van der Waals surface area contributed by atoms with E-state index in [0.29, 0.717) is 29.2 Å². The summed E-state index contributed by atoms with van der Waals surface area (Å²) in [5.41, 5.74) is 4.09. The Morgan fingerprint density at radius 2 is 2.00 bits per heavy atom. The minimum atomic E-state index is -0.450. The Balaban J connectivity index is 1.68. The van der Waals surface area contributed by atoms with Crippen molar-refractivity contribution in [2.24, 2.45) is 0 Å². The molecule has 0 unspecified atom stereocenters. The highest BCUT2D eigenvalue weighted by atomic mass is 16.5. The van der Waals surface area contributed by atoms with Crippen molar-refractivity contribution in [1.29, 1.82) is 5.26 Å². The number of hydrogen-bond donors (Lipinski definition) is 1. The molecule has 3 rings (SSSR count). The number of ether oxygens (including phenoxy) is 2. The first-order chi connectivity index (χ1) is 13.5. The van der Waals surface area contributed by atoms with Gasteiger partial charge >= 0.3 is 5.97 Å². The third-order valence-corrected chi connectivity index (χ3v) is 4.43. The average Bonchev–Trinajstić information content (AvgIpc) is 2.70. The van der Waals surface area contributed by atoms with E-state index in [-0.39, 0.29) is 6.61 Å². The Kier molecular flexibility index (Phi) is 5.75. The normalized spacial score (nSPS) is 10.4. The lowest BCUT2D eigenvalue weighted by molar-refractivity contribution is -0.327. The molecule has 6 heteroatoms. The van der Waals surface area contributed by atoms with Gasteiger partial charge in [0.25, 0.3) is 5.82 Å². The molecule has 0 saturated carbocycles. The van der Waals surface area contributed by atoms with Crippen LogP contribution in [0.15, 0.2) is 42.5 Å². The number of aryl methyl sites for hydroxylation is 2. The number of anilines is 1. The largest absolute Gasteiger partial charge is 0.496 e. The number of nitriles is 1. The summed E-state index contributed by atoms with van der Waals surface area (Å²) in [7, 11) is 1.51. The van der Waals surface area contributed by atoms with Gasteiger partial charge in [0.15, 0.2) is 0 Å². The van der Waals surface area contributed by atoms with Gasteiger partial charge in [-0.2, -0.15) is 5.26 Å². The number of aromatic nitrogens is 1. The van der Waals surface area contributed by atoms with Crippen molar-refractivity contribution in [2.45, 2.75) is 13.8 Å². The molecule has 28 heavy (non-hydrogen) atoms. The second-order valence-corrected chi connectivity index (χ2v) is 6.48. The monoisotopic (exact) mass is 376 g/mol. The van der Waals surface area contributed by atoms with E-state index in [1.807, 2.05) is 26.0 Å². The van der Waals surface area contributed by atoms with Crippen molar-refractivity contribution in [3.05, 3.63) is 64.7 Å². The Bertz CT molecular complexity index is 1070. The van der Waals surface area contributed by atoms with Crippen LogP contribution in [0, 0.1) is 25.2 Å². The summed E-state index contributed by atoms with van der Waals surface area (Å²) in [5.74, 6) is 0.627. The smallest absolute Gasteiger partial charge is 0.342 e. The van der Waals surface area contributed by atoms with E-state index in [1.54, 1.807) is 24.3 Å². The maximum Gasteiger partial charge on any atom is 0.342 e. The van der Waals surface area contributed by atoms with Crippen LogP contribution in [0.1, 0.15) is 27.0 Å². The van der Waals surface area contributed by atoms with Gasteiger partial charge in [-0.05, 0) is 49.2 Å². The minimum Gasteiger partial charge on any atom is -0.496 e. The van der Waals surface area contributed by atoms with Gasteiger partial charge in [0.1, 0.15) is 41.6 Å². The van der Waals surface area contributed by atoms with E-state index in [2.05, 4.69) is 22.4 Å². The Labute approximate surface area is 163 Å². The number of benzene rings is 2. The number of H-pyrrole nitrogens is 1. The molecule has 0 saturated heterocycles. The predicted molar refractivity (Wildman–Crippen MR) is 106 cm³/mol. The molecular formula is C22H22N3O3+. The van der Waals surface area contributed by atoms with Gasteiger partial charge in [-0.1, -0.05) is 18.2 Å². The van der Waals surface area contributed by atoms with Gasteiger partial charge in [-0.25, -0.2) is 9.78 Å². The van der Waals surface area contributed by atoms with E-state index in [4.69, 9.17) is 9.47 Å². The first-order valence-corrected chi connectivity index (χ1v) is 8.95. The number of carbonyl (C=O) groups is 1. The topological polar surface area (TPSA) is 85.5 Å². The molecule has 0 aliphatic rings. The number of hydrogen-bond acceptors (Lipinski definition) is 5. The summed E-state index contributed by atoms with van der Waals surface area (Å²) in [6.07, 6.45) is 0. The Morgan fingerprint density at radius 1 is 1.21 bits per heavy atom. The van der Waals surface area contributed by atoms with Crippen LogP contribution in [0.2, 0.25) is 0 Å². The highest BCUT2D eigenvalue weighted by Gasteiger charge is 2.16. The third kappa shape index (κ3) is 4.04. The molecular weight excluding hydrogens is 354 g/mol. The zero-order valence-electron chi connectivity index (χ0n) is 16.1. The molecule has 2 aromatic carbocycles. The Hall–Kier alpha value is -3.59. The molecule has 6 nitrogen and oxygen atoms in total. The number of pyridine rings is 1. The van der Waals surface area contributed by atoms with E-state index in [9.17, 15) is 10.1 Å². The van der Waals surface area contributed by atoms with Crippen LogP contribution in [0.25, 0.3) is 10.9 Å². The van der Waals surface area contributed by atoms with Crippen molar-refractivity contribution in [2.75, 3.05) is 25.6 Å². The Morgan fingerprint density at radius 3 is 2.75 bits per heavy atom. The lowest BCUT2D eigenvalue weighted by Crippen LogP contribution is -2.21. The maximum atomic E-state index is 12.2. The zero-order valence-corrected chi connectivity index (χ0v) is 16.1. The quantitative estimate of drug-likeness (QED) is 0.526. The molecule has 1 aromatic heterocycles. The molecule has 0 bridgehead atoms. The molecule has 0 fully saturated rings. The number of rotatable bonds is 6. The number of nitrogens with one attached hydrogen (secondary N) is 2. The molecule has 0 radical (unpaired) electrons. The molecule has 142 valence electrons. The summed E-state index contributed by atoms with van der Waals surface area (Å²) in [5, 5.41) is 13.6. The maximum absolute atomic E-state index is 12.2. The van der Waals surface area contributed by atoms with Crippen LogP contribution in [0.5, 0.6) is 5.75 Å². The van der Waals surface area contributed by atoms with Crippen molar-refractivity contribution < 1.29 is 19.3 Å². The summed E-state index contributed by atoms with van der Waals surface area (Å²) < 4.78 is 10.5. The summed E-state index contributed by atoms with van der Waals surface area (Å²) in [6.45, 7) is 4.57. The number of carbonyl (C=O) groups excluding carboxylic acids is 1. The van der Waals surface area contributed by atoms with Crippen molar-refractivity contribution in [3.8, 4) is 11.8 Å². The van der Waals surface area contributed by atoms with Gasteiger partial charge in [0.05, 0.1) is 7.11 Å². The lowest BCUT2D eigenvalue weighted by Gasteiger charge is -2.08. The van der Waals surface area contributed by atoms with E-state index >= 15 is 0 Å². The van der Waals surface area contributed by atoms with Gasteiger partial charge < -0.3 is 9.47 Å². The van der Waals surface area contributed by atoms with Crippen LogP contribution >= 0.6 is 0 Å². The fourth-order valence-corrected chi connectivity index (χ4v) is 3.13. The fraction of sp³-hybridized carbons (Fsp3) is 0.227. The van der Waals surface area contributed by atoms with Crippen molar-refractivity contribution >= 4 is 22.7 Å². The van der Waals surface area contributed by atoms with Crippen LogP contribution in [0.4, 0.5) is 5.82 Å². The SMILES string of the molecule is COc1ccccc1C(=O)OCCNc1[nH+]c2cc(C)cc(C)c2cc1C#N. The van der Waals surface area contributed by atoms with Crippen molar-refractivity contribution in [1.82, 2.24) is 0 Å². The summed E-state index contributed by atoms with van der Waals surface area (Å²) in [4.78, 5) is 15.5. The molecule has 0 aliphatic carbocycles. The highest BCUT2D eigenvalue weighted by Crippen LogP contribution is 2.21. The summed E-state index contributed by atoms with van der Waals surface area (Å²) in [6, 6.07) is 15.1. The molecule has 3 aromatic rings. The minimum absolute atomic E-state index is 0.153. The van der Waals surface area contributed by atoms with Gasteiger partial charge in [-0.3, -0.25) is 5.32 Å². The molecule has 0 amide bonds. The van der Waals surface area contributed by atoms with E-state index < -0.39 is 5.97 Å². The number of esters is 1. The fourth-order valence-electron chi connectivity index (χ4n) is 3.13. The van der Waals surface area contributed by atoms with Crippen LogP contribution in [0.3, 0.4) is 0 Å². The molecule has 1 heterocycles. The average molecular weight is 376 g/mol. The molecule has 0 aliphatic heterocycles. The van der Waals surface area contributed by atoms with Gasteiger partial charge in [0, 0.05) is 5.39 Å². The molecule has 0 atom stereocenters. The third-order valence-electron chi connectivity index (χ3n) is 4.43. The first kappa shape index (κ1) is 19.2. The number of nitrogens with zero attached hydrogens (tertiary/aromatic N) is 1. The predicted octanol–water partition coefficient (Wildman–Crippen LogP) is 3.42. The van der Waals surface area contributed by atoms with Crippen molar-refractivity contribution in [3.63, 3.8) is 0 Å². The number of para-hydroxylation sites is 1. The molecule has 2 N–H and O–H groups in total. The lowest BCUT2D eigenvalue weighted by atomic mass is 10.0. The number of aromatic amines is 1. The van der Waals surface area contributed by atoms with Crippen LogP contribution in [-0.4, -0.2) is 26.2 Å².